The van der Waals surface area contributed by atoms with Crippen LogP contribution in [0, 0.1) is 5.92 Å². The zero-order valence-corrected chi connectivity index (χ0v) is 43.6. The third-order valence-corrected chi connectivity index (χ3v) is 14.4. The van der Waals surface area contributed by atoms with Gasteiger partial charge in [0.05, 0.1) is 19.0 Å². The number of nitrogens with one attached hydrogen (secondary N) is 8. The second kappa shape index (κ2) is 31.5. The first-order chi connectivity index (χ1) is 35.9. The van der Waals surface area contributed by atoms with Crippen molar-refractivity contribution >= 4 is 98.5 Å². The molecule has 11 amide bonds. The number of rotatable bonds is 21. The molecule has 3 rings (SSSR count). The van der Waals surface area contributed by atoms with Gasteiger partial charge in [-0.1, -0.05) is 54.0 Å². The number of aliphatic carboxylic acids is 1. The zero-order chi connectivity index (χ0) is 56.6. The average molecular weight is 1110 g/mol. The predicted octanol–water partition coefficient (Wildman–Crippen LogP) is -5.89. The minimum atomic E-state index is -1.80. The smallest absolute Gasteiger partial charge is 0.322 e. The van der Waals surface area contributed by atoms with Crippen LogP contribution in [0.5, 0.6) is 5.75 Å². The number of likely N-dealkylation sites (tertiary alicyclic amines) is 1. The number of aliphatic imine (C=N–C) groups is 1. The molecule has 0 aromatic heterocycles. The number of hydrogen-bond donors (Lipinski definition) is 15. The highest BCUT2D eigenvalue weighted by atomic mass is 33.1. The van der Waals surface area contributed by atoms with Gasteiger partial charge in [0.2, 0.25) is 65.0 Å². The summed E-state index contributed by atoms with van der Waals surface area (Å²) in [6, 6.07) is -5.73. The summed E-state index contributed by atoms with van der Waals surface area (Å²) < 4.78 is 0. The van der Waals surface area contributed by atoms with Gasteiger partial charge in [0.15, 0.2) is 5.96 Å². The molecule has 420 valence electrons. The largest absolute Gasteiger partial charge is 0.508 e. The number of carboxylic acids is 1. The number of carbonyl (C=O) groups excluding carboxylic acids is 11. The minimum Gasteiger partial charge on any atom is -0.508 e. The Labute approximate surface area is 445 Å². The third-order valence-electron chi connectivity index (χ3n) is 11.9. The summed E-state index contributed by atoms with van der Waals surface area (Å²) in [5, 5.41) is 38.5. The molecule has 2 fully saturated rings. The molecule has 9 unspecified atom stereocenters. The summed E-state index contributed by atoms with van der Waals surface area (Å²) >= 11 is 0. The molecule has 31 heteroatoms. The van der Waals surface area contributed by atoms with Crippen LogP contribution >= 0.6 is 21.6 Å². The quantitative estimate of drug-likeness (QED) is 0.0236. The first kappa shape index (κ1) is 62.9. The summed E-state index contributed by atoms with van der Waals surface area (Å²) in [5.41, 5.74) is 28.6. The number of aromatic hydroxyl groups is 1. The Hall–Kier alpha value is -7.41. The van der Waals surface area contributed by atoms with Gasteiger partial charge in [0, 0.05) is 37.4 Å². The van der Waals surface area contributed by atoms with E-state index in [4.69, 9.17) is 33.8 Å². The number of nitrogens with two attached hydrogens (primary N) is 5. The maximum absolute atomic E-state index is 14.6. The lowest BCUT2D eigenvalue weighted by atomic mass is 9.96. The second-order valence-corrected chi connectivity index (χ2v) is 20.5. The Morgan fingerprint density at radius 2 is 1.43 bits per heavy atom. The van der Waals surface area contributed by atoms with E-state index < -0.39 is 158 Å². The topological polar surface area (TPSA) is 487 Å². The van der Waals surface area contributed by atoms with Crippen LogP contribution < -0.4 is 71.2 Å². The lowest BCUT2D eigenvalue weighted by molar-refractivity contribution is -0.142. The van der Waals surface area contributed by atoms with E-state index in [1.54, 1.807) is 13.8 Å². The van der Waals surface area contributed by atoms with Gasteiger partial charge < -0.3 is 86.3 Å². The maximum atomic E-state index is 14.6. The van der Waals surface area contributed by atoms with Crippen LogP contribution in [0.15, 0.2) is 29.3 Å². The SMILES string of the molecule is CCC(C)C1NC(=O)C(Cc2ccc(O)cc2)NC(=O)C(N)CSSCC(C(=O)N2CCCC2C(=O)NC(CCCN=C(N)N)C(=O)NCC(=O)NCC(=O)O)NC(=O)C(CC(N)=O)NC(=O)C(CCC(N)=O)NC1=O. The zero-order valence-electron chi connectivity index (χ0n) is 42.0. The van der Waals surface area contributed by atoms with E-state index in [1.165, 1.54) is 24.3 Å². The lowest BCUT2D eigenvalue weighted by Gasteiger charge is -2.31. The normalized spacial score (nSPS) is 22.9. The predicted molar refractivity (Wildman–Crippen MR) is 276 cm³/mol. The summed E-state index contributed by atoms with van der Waals surface area (Å²) in [6.45, 7) is 2.01. The number of primary amides is 2. The number of carbonyl (C=O) groups is 12. The molecule has 76 heavy (non-hydrogen) atoms. The van der Waals surface area contributed by atoms with Gasteiger partial charge >= 0.3 is 5.97 Å². The van der Waals surface area contributed by atoms with Crippen molar-refractivity contribution in [1.82, 2.24) is 47.4 Å². The van der Waals surface area contributed by atoms with Gasteiger partial charge in [-0.15, -0.1) is 0 Å². The molecule has 2 aliphatic rings. The van der Waals surface area contributed by atoms with E-state index in [9.17, 15) is 62.6 Å². The molecule has 0 spiro atoms. The van der Waals surface area contributed by atoms with Crippen molar-refractivity contribution in [3.05, 3.63) is 29.8 Å². The fraction of sp³-hybridized carbons (Fsp3) is 0.578. The van der Waals surface area contributed by atoms with Crippen molar-refractivity contribution < 1.29 is 67.7 Å². The van der Waals surface area contributed by atoms with Crippen LogP contribution in [-0.2, 0) is 64.0 Å². The number of nitrogens with zero attached hydrogens (tertiary/aromatic N) is 2. The van der Waals surface area contributed by atoms with Crippen LogP contribution in [0.4, 0.5) is 0 Å². The van der Waals surface area contributed by atoms with Crippen molar-refractivity contribution in [2.75, 3.05) is 37.7 Å². The van der Waals surface area contributed by atoms with Crippen molar-refractivity contribution in [2.45, 2.75) is 120 Å². The molecule has 2 aliphatic heterocycles. The lowest BCUT2D eigenvalue weighted by Crippen LogP contribution is -2.61. The first-order valence-electron chi connectivity index (χ1n) is 24.2. The van der Waals surface area contributed by atoms with E-state index >= 15 is 0 Å². The van der Waals surface area contributed by atoms with E-state index in [0.29, 0.717) is 12.0 Å². The molecule has 0 saturated carbocycles. The molecule has 2 heterocycles. The molecule has 0 bridgehead atoms. The second-order valence-electron chi connectivity index (χ2n) is 17.9. The summed E-state index contributed by atoms with van der Waals surface area (Å²) in [4.78, 5) is 165. The Balaban J connectivity index is 2.03. The minimum absolute atomic E-state index is 0.0313. The molecule has 2 saturated heterocycles. The highest BCUT2D eigenvalue weighted by Gasteiger charge is 2.41. The summed E-state index contributed by atoms with van der Waals surface area (Å²) in [5.74, 6) is -12.7. The first-order valence-corrected chi connectivity index (χ1v) is 26.7. The van der Waals surface area contributed by atoms with Crippen molar-refractivity contribution in [2.24, 2.45) is 39.6 Å². The Morgan fingerprint density at radius 3 is 2.07 bits per heavy atom. The average Bonchev–Trinajstić information content (AvgIpc) is 3.86. The number of hydrogen-bond acceptors (Lipinski definition) is 17. The molecule has 20 N–H and O–H groups in total. The van der Waals surface area contributed by atoms with Gasteiger partial charge in [-0.3, -0.25) is 62.5 Å². The van der Waals surface area contributed by atoms with Crippen molar-refractivity contribution in [3.8, 4) is 5.75 Å². The number of guanidine groups is 1. The van der Waals surface area contributed by atoms with Crippen LogP contribution in [-0.4, -0.2) is 178 Å². The number of amides is 11. The maximum Gasteiger partial charge on any atom is 0.322 e. The summed E-state index contributed by atoms with van der Waals surface area (Å²) in [6.07, 6.45) is -1.11. The molecule has 29 nitrogen and oxygen atoms in total. The Kier molecular flexibility index (Phi) is 26.0. The number of benzene rings is 1. The monoisotopic (exact) mass is 1110 g/mol. The standard InChI is InChI=1S/C45H69N15O14S2/c1-3-22(2)36-43(73)55-27(12-13-32(47)62)39(69)57-29(17-33(48)63)40(70)58-30(21-76-75-20-25(46)37(67)56-28(41(71)59-36)16-23-8-10-24(61)11-9-23)44(74)60-15-5-7-31(60)42(72)54-26(6-4-14-51-45(49)50)38(68)53-18-34(64)52-19-35(65)66/h8-11,22,25-31,36,61H,3-7,12-21,46H2,1-2H3,(H2,47,62)(H2,48,63)(H,52,64)(H,53,68)(H,54,72)(H,55,73)(H,56,67)(H,57,69)(H,58,70)(H,59,71)(H,65,66)(H4,49,50,51). The molecular formula is C45H69N15O14S2. The van der Waals surface area contributed by atoms with Crippen molar-refractivity contribution in [3.63, 3.8) is 0 Å². The van der Waals surface area contributed by atoms with Gasteiger partial charge in [0.1, 0.15) is 54.6 Å². The van der Waals surface area contributed by atoms with E-state index in [0.717, 1.165) is 26.5 Å². The Morgan fingerprint density at radius 1 is 0.803 bits per heavy atom. The van der Waals surface area contributed by atoms with E-state index in [1.807, 2.05) is 0 Å². The van der Waals surface area contributed by atoms with Crippen molar-refractivity contribution in [1.29, 1.82) is 0 Å². The molecular weight excluding hydrogens is 1040 g/mol. The molecule has 1 aromatic carbocycles. The van der Waals surface area contributed by atoms with E-state index in [-0.39, 0.29) is 68.4 Å². The number of phenols is 1. The fourth-order valence-corrected chi connectivity index (χ4v) is 9.92. The van der Waals surface area contributed by atoms with Gasteiger partial charge in [-0.2, -0.15) is 0 Å². The molecule has 1 aromatic rings. The summed E-state index contributed by atoms with van der Waals surface area (Å²) in [7, 11) is 1.96. The highest BCUT2D eigenvalue weighted by molar-refractivity contribution is 8.76. The van der Waals surface area contributed by atoms with Crippen LogP contribution in [0.2, 0.25) is 0 Å². The van der Waals surface area contributed by atoms with E-state index in [2.05, 4.69) is 47.5 Å². The van der Waals surface area contributed by atoms with Gasteiger partial charge in [-0.05, 0) is 55.7 Å². The number of phenolic OH excluding ortho intramolecular Hbond substituents is 1. The fourth-order valence-electron chi connectivity index (χ4n) is 7.64. The third kappa shape index (κ3) is 21.4. The molecule has 0 radical (unpaired) electrons. The highest BCUT2D eigenvalue weighted by Crippen LogP contribution is 2.26. The van der Waals surface area contributed by atoms with Crippen LogP contribution in [0.1, 0.15) is 70.8 Å². The molecule has 9 atom stereocenters. The van der Waals surface area contributed by atoms with Crippen LogP contribution in [0.3, 0.4) is 0 Å². The van der Waals surface area contributed by atoms with Gasteiger partial charge in [0.25, 0.3) is 0 Å². The van der Waals surface area contributed by atoms with Gasteiger partial charge in [-0.25, -0.2) is 0 Å². The van der Waals surface area contributed by atoms with Crippen LogP contribution in [0.25, 0.3) is 0 Å². The molecule has 0 aliphatic carbocycles. The number of carboxylic acid groups (broad SMARTS) is 1. The Bertz CT molecular complexity index is 2310.